The summed E-state index contributed by atoms with van der Waals surface area (Å²) in [5, 5.41) is 3.96. The number of nitrogens with zero attached hydrogens (tertiary/aromatic N) is 6. The van der Waals surface area contributed by atoms with Crippen LogP contribution in [0.3, 0.4) is 0 Å². The fourth-order valence-electron chi connectivity index (χ4n) is 2.78. The highest BCUT2D eigenvalue weighted by Crippen LogP contribution is 2.38. The van der Waals surface area contributed by atoms with Crippen molar-refractivity contribution in [3.63, 3.8) is 0 Å². The van der Waals surface area contributed by atoms with E-state index in [1.807, 2.05) is 11.9 Å². The minimum atomic E-state index is -4.94. The first-order valence-electron chi connectivity index (χ1n) is 9.25. The van der Waals surface area contributed by atoms with E-state index in [9.17, 15) is 26.3 Å². The maximum Gasteiger partial charge on any atom is 0.416 e. The molecule has 0 unspecified atom stereocenters. The van der Waals surface area contributed by atoms with Gasteiger partial charge in [-0.25, -0.2) is 19.6 Å². The van der Waals surface area contributed by atoms with E-state index in [2.05, 4.69) is 20.1 Å². The summed E-state index contributed by atoms with van der Waals surface area (Å²) in [6, 6.07) is 1.25. The van der Waals surface area contributed by atoms with Crippen molar-refractivity contribution in [3.8, 4) is 11.4 Å². The topological polar surface area (TPSA) is 59.7 Å². The SMILES string of the molecule is Cc1ncc(CN(C)C/C=C\n2cnc(-c3cc(C(F)(F)F)cc(C(F)(F)F)c3)n2)cn1. The Morgan fingerprint density at radius 3 is 2.09 bits per heavy atom. The largest absolute Gasteiger partial charge is 0.416 e. The van der Waals surface area contributed by atoms with Gasteiger partial charge in [0, 0.05) is 42.8 Å². The monoisotopic (exact) mass is 456 g/mol. The molecule has 0 amide bonds. The molecule has 0 N–H and O–H groups in total. The molecule has 2 aromatic heterocycles. The fraction of sp³-hybridized carbons (Fsp3) is 0.300. The Bertz CT molecular complexity index is 1050. The molecule has 0 radical (unpaired) electrons. The highest BCUT2D eigenvalue weighted by Gasteiger charge is 2.37. The third kappa shape index (κ3) is 6.13. The highest BCUT2D eigenvalue weighted by molar-refractivity contribution is 5.58. The molecule has 32 heavy (non-hydrogen) atoms. The maximum absolute atomic E-state index is 13.0. The van der Waals surface area contributed by atoms with E-state index >= 15 is 0 Å². The van der Waals surface area contributed by atoms with Crippen LogP contribution < -0.4 is 0 Å². The number of likely N-dealkylation sites (N-methyl/N-ethyl adjacent to an activating group) is 1. The van der Waals surface area contributed by atoms with Gasteiger partial charge in [-0.1, -0.05) is 6.08 Å². The Labute approximate surface area is 179 Å². The predicted molar refractivity (Wildman–Crippen MR) is 104 cm³/mol. The number of hydrogen-bond donors (Lipinski definition) is 0. The van der Waals surface area contributed by atoms with Gasteiger partial charge in [-0.3, -0.25) is 4.90 Å². The van der Waals surface area contributed by atoms with Crippen molar-refractivity contribution in [2.75, 3.05) is 13.6 Å². The van der Waals surface area contributed by atoms with Gasteiger partial charge in [-0.05, 0) is 32.2 Å². The van der Waals surface area contributed by atoms with E-state index in [1.165, 1.54) is 17.2 Å². The van der Waals surface area contributed by atoms with Crippen LogP contribution in [0.5, 0.6) is 0 Å². The number of benzene rings is 1. The molecule has 3 aromatic rings. The molecular weight excluding hydrogens is 438 g/mol. The van der Waals surface area contributed by atoms with Gasteiger partial charge in [-0.15, -0.1) is 5.10 Å². The number of hydrogen-bond acceptors (Lipinski definition) is 5. The highest BCUT2D eigenvalue weighted by atomic mass is 19.4. The molecule has 6 nitrogen and oxygen atoms in total. The number of aromatic nitrogens is 5. The van der Waals surface area contributed by atoms with Crippen molar-refractivity contribution in [1.29, 1.82) is 0 Å². The van der Waals surface area contributed by atoms with Crippen LogP contribution in [0.4, 0.5) is 26.3 Å². The molecule has 0 fully saturated rings. The van der Waals surface area contributed by atoms with Crippen LogP contribution in [-0.2, 0) is 18.9 Å². The number of rotatable bonds is 6. The molecule has 0 atom stereocenters. The molecule has 170 valence electrons. The Balaban J connectivity index is 1.73. The lowest BCUT2D eigenvalue weighted by Gasteiger charge is -2.13. The summed E-state index contributed by atoms with van der Waals surface area (Å²) in [6.07, 6.45) is -2.00. The standard InChI is InChI=1S/C20H18F6N6/c1-13-27-9-14(10-28-13)11-31(2)4-3-5-32-12-29-18(30-32)15-6-16(19(21,22)23)8-17(7-15)20(24,25)26/h3,5-10,12H,4,11H2,1-2H3/b5-3-. The molecule has 0 aliphatic carbocycles. The summed E-state index contributed by atoms with van der Waals surface area (Å²) in [4.78, 5) is 14.0. The van der Waals surface area contributed by atoms with E-state index in [1.54, 1.807) is 25.4 Å². The summed E-state index contributed by atoms with van der Waals surface area (Å²) in [5.74, 6) is 0.415. The molecule has 2 heterocycles. The fourth-order valence-corrected chi connectivity index (χ4v) is 2.78. The third-order valence-electron chi connectivity index (χ3n) is 4.32. The van der Waals surface area contributed by atoms with E-state index < -0.39 is 23.5 Å². The normalized spacial score (nSPS) is 12.8. The van der Waals surface area contributed by atoms with E-state index in [0.29, 0.717) is 31.0 Å². The summed E-state index contributed by atoms with van der Waals surface area (Å²) < 4.78 is 79.4. The first kappa shape index (κ1) is 23.4. The van der Waals surface area contributed by atoms with Crippen LogP contribution in [0.25, 0.3) is 17.6 Å². The summed E-state index contributed by atoms with van der Waals surface area (Å²) in [5.41, 5.74) is -2.30. The molecule has 0 saturated carbocycles. The second kappa shape index (κ2) is 9.07. The lowest BCUT2D eigenvalue weighted by molar-refractivity contribution is -0.143. The van der Waals surface area contributed by atoms with Crippen molar-refractivity contribution in [2.24, 2.45) is 0 Å². The molecule has 0 spiro atoms. The van der Waals surface area contributed by atoms with Crippen LogP contribution in [0.2, 0.25) is 0 Å². The third-order valence-corrected chi connectivity index (χ3v) is 4.32. The summed E-state index contributed by atoms with van der Waals surface area (Å²) in [7, 11) is 1.86. The summed E-state index contributed by atoms with van der Waals surface area (Å²) in [6.45, 7) is 2.86. The molecule has 0 bridgehead atoms. The zero-order chi connectivity index (χ0) is 23.5. The van der Waals surface area contributed by atoms with Crippen LogP contribution in [0.1, 0.15) is 22.5 Å². The first-order valence-corrected chi connectivity index (χ1v) is 9.25. The zero-order valence-corrected chi connectivity index (χ0v) is 17.0. The summed E-state index contributed by atoms with van der Waals surface area (Å²) >= 11 is 0. The minimum absolute atomic E-state index is 0.0648. The van der Waals surface area contributed by atoms with Crippen molar-refractivity contribution in [2.45, 2.75) is 25.8 Å². The average molecular weight is 456 g/mol. The minimum Gasteiger partial charge on any atom is -0.298 e. The van der Waals surface area contributed by atoms with Crippen molar-refractivity contribution in [1.82, 2.24) is 29.6 Å². The molecular formula is C20H18F6N6. The number of alkyl halides is 6. The molecule has 0 aliphatic rings. The second-order valence-corrected chi connectivity index (χ2v) is 7.06. The van der Waals surface area contributed by atoms with Gasteiger partial charge in [0.05, 0.1) is 11.1 Å². The van der Waals surface area contributed by atoms with Gasteiger partial charge >= 0.3 is 12.4 Å². The van der Waals surface area contributed by atoms with E-state index in [4.69, 9.17) is 0 Å². The quantitative estimate of drug-likeness (QED) is 0.504. The molecule has 0 saturated heterocycles. The molecule has 3 rings (SSSR count). The van der Waals surface area contributed by atoms with Crippen LogP contribution in [-0.4, -0.2) is 43.2 Å². The predicted octanol–water partition coefficient (Wildman–Crippen LogP) is 4.68. The van der Waals surface area contributed by atoms with Gasteiger partial charge in [0.25, 0.3) is 0 Å². The van der Waals surface area contributed by atoms with Crippen LogP contribution in [0, 0.1) is 6.92 Å². The number of aryl methyl sites for hydroxylation is 1. The molecule has 0 aliphatic heterocycles. The zero-order valence-electron chi connectivity index (χ0n) is 17.0. The van der Waals surface area contributed by atoms with Gasteiger partial charge in [0.15, 0.2) is 5.82 Å². The van der Waals surface area contributed by atoms with Crippen LogP contribution in [0.15, 0.2) is 43.0 Å². The lowest BCUT2D eigenvalue weighted by Crippen LogP contribution is -2.18. The van der Waals surface area contributed by atoms with Crippen molar-refractivity contribution >= 4 is 6.20 Å². The van der Waals surface area contributed by atoms with Gasteiger partial charge in [-0.2, -0.15) is 26.3 Å². The second-order valence-electron chi connectivity index (χ2n) is 7.06. The maximum atomic E-state index is 13.0. The van der Waals surface area contributed by atoms with E-state index in [-0.39, 0.29) is 17.5 Å². The first-order chi connectivity index (χ1) is 14.9. The van der Waals surface area contributed by atoms with Crippen molar-refractivity contribution < 1.29 is 26.3 Å². The van der Waals surface area contributed by atoms with Gasteiger partial charge in [0.2, 0.25) is 0 Å². The van der Waals surface area contributed by atoms with Crippen LogP contribution >= 0.6 is 0 Å². The Hall–Kier alpha value is -3.28. The van der Waals surface area contributed by atoms with Gasteiger partial charge in [0.1, 0.15) is 12.2 Å². The van der Waals surface area contributed by atoms with Gasteiger partial charge < -0.3 is 0 Å². The smallest absolute Gasteiger partial charge is 0.298 e. The Kier molecular flexibility index (Phi) is 6.63. The molecule has 12 heteroatoms. The lowest BCUT2D eigenvalue weighted by atomic mass is 10.0. The number of halogens is 6. The average Bonchev–Trinajstić information content (AvgIpc) is 3.17. The Morgan fingerprint density at radius 1 is 0.938 bits per heavy atom. The molecule has 1 aromatic carbocycles. The Morgan fingerprint density at radius 2 is 1.53 bits per heavy atom. The van der Waals surface area contributed by atoms with Crippen molar-refractivity contribution in [3.05, 3.63) is 65.5 Å². The van der Waals surface area contributed by atoms with E-state index in [0.717, 1.165) is 5.56 Å².